The molecule has 0 aliphatic carbocycles. The first-order chi connectivity index (χ1) is 13.8. The first-order valence-corrected chi connectivity index (χ1v) is 9.40. The zero-order chi connectivity index (χ0) is 19.2. The molecule has 0 spiro atoms. The molecular formula is C21H20N4O2S. The molecule has 0 fully saturated rings. The Bertz CT molecular complexity index is 896. The molecule has 3 aromatic rings. The molecule has 28 heavy (non-hydrogen) atoms. The Morgan fingerprint density at radius 1 is 0.929 bits per heavy atom. The van der Waals surface area contributed by atoms with Gasteiger partial charge in [-0.1, -0.05) is 18.2 Å². The van der Waals surface area contributed by atoms with E-state index in [4.69, 9.17) is 21.7 Å². The summed E-state index contributed by atoms with van der Waals surface area (Å²) >= 11 is 5.68. The van der Waals surface area contributed by atoms with E-state index in [1.165, 1.54) is 0 Å². The highest BCUT2D eigenvalue weighted by molar-refractivity contribution is 7.80. The van der Waals surface area contributed by atoms with E-state index in [2.05, 4.69) is 20.2 Å². The summed E-state index contributed by atoms with van der Waals surface area (Å²) in [5.74, 6) is 1.54. The van der Waals surface area contributed by atoms with Gasteiger partial charge in [0.1, 0.15) is 0 Å². The van der Waals surface area contributed by atoms with Crippen molar-refractivity contribution in [3.8, 4) is 11.5 Å². The minimum Gasteiger partial charge on any atom is -0.454 e. The zero-order valence-corrected chi connectivity index (χ0v) is 16.1. The number of nitrogens with one attached hydrogen (secondary N) is 1. The highest BCUT2D eigenvalue weighted by atomic mass is 32.1. The van der Waals surface area contributed by atoms with Crippen molar-refractivity contribution in [3.05, 3.63) is 83.9 Å². The van der Waals surface area contributed by atoms with E-state index in [1.807, 2.05) is 54.6 Å². The molecular weight excluding hydrogens is 372 g/mol. The van der Waals surface area contributed by atoms with Crippen LogP contribution in [0.1, 0.15) is 17.0 Å². The average molecular weight is 392 g/mol. The van der Waals surface area contributed by atoms with Crippen LogP contribution in [0.2, 0.25) is 0 Å². The third-order valence-electron chi connectivity index (χ3n) is 4.33. The molecule has 1 aliphatic heterocycles. The third kappa shape index (κ3) is 4.55. The number of thiocarbonyl (C=S) groups is 1. The zero-order valence-electron chi connectivity index (χ0n) is 15.2. The molecule has 2 aromatic heterocycles. The fourth-order valence-corrected chi connectivity index (χ4v) is 3.12. The molecule has 6 nitrogen and oxygen atoms in total. The van der Waals surface area contributed by atoms with Gasteiger partial charge < -0.3 is 19.7 Å². The van der Waals surface area contributed by atoms with Gasteiger partial charge in [0.05, 0.1) is 24.5 Å². The molecule has 142 valence electrons. The lowest BCUT2D eigenvalue weighted by Crippen LogP contribution is -2.38. The van der Waals surface area contributed by atoms with Gasteiger partial charge >= 0.3 is 0 Å². The fraction of sp³-hybridized carbons (Fsp3) is 0.190. The number of pyridine rings is 2. The van der Waals surface area contributed by atoms with Crippen molar-refractivity contribution >= 4 is 17.3 Å². The van der Waals surface area contributed by atoms with Gasteiger partial charge in [-0.2, -0.15) is 0 Å². The van der Waals surface area contributed by atoms with E-state index in [0.717, 1.165) is 28.5 Å². The Labute approximate surface area is 169 Å². The van der Waals surface area contributed by atoms with Crippen molar-refractivity contribution < 1.29 is 9.47 Å². The summed E-state index contributed by atoms with van der Waals surface area (Å²) in [5, 5.41) is 3.98. The number of hydrogen-bond acceptors (Lipinski definition) is 5. The van der Waals surface area contributed by atoms with Crippen LogP contribution in [0.25, 0.3) is 0 Å². The molecule has 0 saturated carbocycles. The second kappa shape index (κ2) is 8.67. The minimum atomic E-state index is 0.270. The molecule has 1 aromatic carbocycles. The predicted octanol–water partition coefficient (Wildman–Crippen LogP) is 3.28. The molecule has 1 N–H and O–H groups in total. The smallest absolute Gasteiger partial charge is 0.231 e. The van der Waals surface area contributed by atoms with E-state index >= 15 is 0 Å². The molecule has 0 radical (unpaired) electrons. The van der Waals surface area contributed by atoms with Crippen LogP contribution in [0.3, 0.4) is 0 Å². The predicted molar refractivity (Wildman–Crippen MR) is 110 cm³/mol. The number of aromatic nitrogens is 2. The Morgan fingerprint density at radius 2 is 1.61 bits per heavy atom. The summed E-state index contributed by atoms with van der Waals surface area (Å²) in [5.41, 5.74) is 2.97. The van der Waals surface area contributed by atoms with Gasteiger partial charge in [0.2, 0.25) is 6.79 Å². The maximum absolute atomic E-state index is 5.68. The Morgan fingerprint density at radius 3 is 2.25 bits per heavy atom. The molecule has 0 unspecified atom stereocenters. The van der Waals surface area contributed by atoms with Gasteiger partial charge in [-0.3, -0.25) is 9.97 Å². The first kappa shape index (κ1) is 18.2. The fourth-order valence-electron chi connectivity index (χ4n) is 2.91. The molecule has 0 amide bonds. The highest BCUT2D eigenvalue weighted by Crippen LogP contribution is 2.32. The van der Waals surface area contributed by atoms with Crippen LogP contribution in [0.4, 0.5) is 0 Å². The normalized spacial score (nSPS) is 11.9. The quantitative estimate of drug-likeness (QED) is 0.646. The number of nitrogens with zero attached hydrogens (tertiary/aromatic N) is 3. The summed E-state index contributed by atoms with van der Waals surface area (Å²) in [7, 11) is 0. The molecule has 7 heteroatoms. The SMILES string of the molecule is S=C(NCc1ccc2c(c1)OCO2)N(Cc1ccccn1)Cc1ccccn1. The van der Waals surface area contributed by atoms with Crippen LogP contribution in [-0.4, -0.2) is 26.8 Å². The van der Waals surface area contributed by atoms with Gasteiger partial charge in [0.25, 0.3) is 0 Å². The average Bonchev–Trinajstić information content (AvgIpc) is 3.21. The molecule has 0 atom stereocenters. The van der Waals surface area contributed by atoms with Crippen molar-refractivity contribution in [2.24, 2.45) is 0 Å². The third-order valence-corrected chi connectivity index (χ3v) is 4.73. The molecule has 3 heterocycles. The number of hydrogen-bond donors (Lipinski definition) is 1. The van der Waals surface area contributed by atoms with E-state index in [9.17, 15) is 0 Å². The topological polar surface area (TPSA) is 59.5 Å². The van der Waals surface area contributed by atoms with Crippen molar-refractivity contribution in [3.63, 3.8) is 0 Å². The maximum atomic E-state index is 5.68. The molecule has 0 bridgehead atoms. The van der Waals surface area contributed by atoms with Crippen LogP contribution < -0.4 is 14.8 Å². The largest absolute Gasteiger partial charge is 0.454 e. The van der Waals surface area contributed by atoms with Gasteiger partial charge in [-0.25, -0.2) is 0 Å². The second-order valence-corrected chi connectivity index (χ2v) is 6.73. The van der Waals surface area contributed by atoms with Crippen LogP contribution in [0.15, 0.2) is 67.0 Å². The number of fused-ring (bicyclic) bond motifs is 1. The molecule has 0 saturated heterocycles. The summed E-state index contributed by atoms with van der Waals surface area (Å²) in [6.45, 7) is 2.07. The Kier molecular flexibility index (Phi) is 5.63. The van der Waals surface area contributed by atoms with E-state index in [-0.39, 0.29) is 6.79 Å². The summed E-state index contributed by atoms with van der Waals surface area (Å²) < 4.78 is 10.8. The number of ether oxygens (including phenoxy) is 2. The van der Waals surface area contributed by atoms with E-state index in [0.29, 0.717) is 24.7 Å². The summed E-state index contributed by atoms with van der Waals surface area (Å²) in [4.78, 5) is 10.9. The Hall–Kier alpha value is -3.19. The summed E-state index contributed by atoms with van der Waals surface area (Å²) in [6.07, 6.45) is 3.58. The lowest BCUT2D eigenvalue weighted by molar-refractivity contribution is 0.174. The van der Waals surface area contributed by atoms with Crippen LogP contribution in [-0.2, 0) is 19.6 Å². The molecule has 4 rings (SSSR count). The van der Waals surface area contributed by atoms with E-state index in [1.54, 1.807) is 12.4 Å². The maximum Gasteiger partial charge on any atom is 0.231 e. The second-order valence-electron chi connectivity index (χ2n) is 6.34. The first-order valence-electron chi connectivity index (χ1n) is 8.99. The van der Waals surface area contributed by atoms with Crippen molar-refractivity contribution in [2.45, 2.75) is 19.6 Å². The van der Waals surface area contributed by atoms with Crippen molar-refractivity contribution in [2.75, 3.05) is 6.79 Å². The Balaban J connectivity index is 1.44. The van der Waals surface area contributed by atoms with Crippen LogP contribution >= 0.6 is 12.2 Å². The van der Waals surface area contributed by atoms with Crippen LogP contribution in [0, 0.1) is 0 Å². The lowest BCUT2D eigenvalue weighted by atomic mass is 10.2. The number of rotatable bonds is 6. The van der Waals surface area contributed by atoms with E-state index < -0.39 is 0 Å². The highest BCUT2D eigenvalue weighted by Gasteiger charge is 2.15. The standard InChI is InChI=1S/C21H20N4O2S/c28-21(24-12-16-7-8-19-20(11-16)27-15-26-19)25(13-17-5-1-3-9-22-17)14-18-6-2-4-10-23-18/h1-11H,12-15H2,(H,24,28). The van der Waals surface area contributed by atoms with Crippen molar-refractivity contribution in [1.82, 2.24) is 20.2 Å². The van der Waals surface area contributed by atoms with Crippen molar-refractivity contribution in [1.29, 1.82) is 0 Å². The van der Waals surface area contributed by atoms with Crippen LogP contribution in [0.5, 0.6) is 11.5 Å². The lowest BCUT2D eigenvalue weighted by Gasteiger charge is -2.25. The van der Waals surface area contributed by atoms with Gasteiger partial charge in [0.15, 0.2) is 16.6 Å². The minimum absolute atomic E-state index is 0.270. The number of benzene rings is 1. The molecule has 1 aliphatic rings. The monoisotopic (exact) mass is 392 g/mol. The van der Waals surface area contributed by atoms with Gasteiger partial charge in [-0.15, -0.1) is 0 Å². The van der Waals surface area contributed by atoms with Gasteiger partial charge in [0, 0.05) is 18.9 Å². The summed E-state index contributed by atoms with van der Waals surface area (Å²) in [6, 6.07) is 17.6. The van der Waals surface area contributed by atoms with Gasteiger partial charge in [-0.05, 0) is 54.2 Å².